The summed E-state index contributed by atoms with van der Waals surface area (Å²) in [6.07, 6.45) is 3.67. The molecule has 1 unspecified atom stereocenters. The molecule has 0 bridgehead atoms. The van der Waals surface area contributed by atoms with Crippen molar-refractivity contribution in [3.05, 3.63) is 66.0 Å². The summed E-state index contributed by atoms with van der Waals surface area (Å²) >= 11 is 0. The van der Waals surface area contributed by atoms with Crippen LogP contribution in [0.25, 0.3) is 0 Å². The molecule has 0 aliphatic carbocycles. The largest absolute Gasteiger partial charge is 0.358 e. The maximum absolute atomic E-state index is 5.83. The normalized spacial score (nSPS) is 19.3. The van der Waals surface area contributed by atoms with Crippen molar-refractivity contribution in [3.63, 3.8) is 0 Å². The van der Waals surface area contributed by atoms with E-state index in [2.05, 4.69) is 39.1 Å². The quantitative estimate of drug-likeness (QED) is 0.790. The number of aliphatic imine (C=N–C) groups is 1. The molecule has 2 heterocycles. The Morgan fingerprint density at radius 2 is 2.05 bits per heavy atom. The third-order valence-electron chi connectivity index (χ3n) is 3.50. The van der Waals surface area contributed by atoms with Crippen molar-refractivity contribution in [1.29, 1.82) is 0 Å². The maximum atomic E-state index is 5.83. The van der Waals surface area contributed by atoms with Crippen LogP contribution in [0.4, 0.5) is 0 Å². The molecule has 1 aliphatic heterocycles. The molecule has 0 saturated carbocycles. The Hall–Kier alpha value is -2.04. The second-order valence-electron chi connectivity index (χ2n) is 4.96. The third kappa shape index (κ3) is 3.74. The summed E-state index contributed by atoms with van der Waals surface area (Å²) in [5.74, 6) is 0. The molecule has 0 spiro atoms. The van der Waals surface area contributed by atoms with Gasteiger partial charge in [0.15, 0.2) is 0 Å². The van der Waals surface area contributed by atoms with E-state index in [9.17, 15) is 0 Å². The molecule has 1 atom stereocenters. The number of rotatable bonds is 5. The van der Waals surface area contributed by atoms with Gasteiger partial charge in [0.25, 0.3) is 0 Å². The molecule has 2 aromatic rings. The summed E-state index contributed by atoms with van der Waals surface area (Å²) < 4.78 is 5.83. The lowest BCUT2D eigenvalue weighted by Crippen LogP contribution is -2.26. The molecule has 4 nitrogen and oxygen atoms in total. The van der Waals surface area contributed by atoms with Crippen molar-refractivity contribution in [3.8, 4) is 0 Å². The maximum Gasteiger partial charge on any atom is 0.136 e. The van der Waals surface area contributed by atoms with E-state index < -0.39 is 0 Å². The van der Waals surface area contributed by atoms with Crippen LogP contribution in [-0.2, 0) is 4.74 Å². The van der Waals surface area contributed by atoms with Gasteiger partial charge in [0.05, 0.1) is 18.8 Å². The molecule has 4 heteroatoms. The first-order valence-electron chi connectivity index (χ1n) is 7.25. The second kappa shape index (κ2) is 7.11. The first-order valence-corrected chi connectivity index (χ1v) is 7.25. The lowest BCUT2D eigenvalue weighted by molar-refractivity contribution is 0.0343. The summed E-state index contributed by atoms with van der Waals surface area (Å²) in [5.41, 5.74) is 2.11. The molecule has 3 rings (SSSR count). The molecule has 0 N–H and O–H groups in total. The highest BCUT2D eigenvalue weighted by atomic mass is 16.5. The van der Waals surface area contributed by atoms with Gasteiger partial charge in [0, 0.05) is 25.5 Å². The molecule has 1 saturated heterocycles. The second-order valence-corrected chi connectivity index (χ2v) is 4.96. The van der Waals surface area contributed by atoms with Crippen molar-refractivity contribution in [2.45, 2.75) is 6.23 Å². The Bertz CT molecular complexity index is 571. The molecule has 0 radical (unpaired) electrons. The van der Waals surface area contributed by atoms with Gasteiger partial charge in [-0.05, 0) is 17.7 Å². The van der Waals surface area contributed by atoms with Gasteiger partial charge in [0.2, 0.25) is 0 Å². The fourth-order valence-corrected chi connectivity index (χ4v) is 2.45. The number of nitrogens with zero attached hydrogens (tertiary/aromatic N) is 3. The Balaban J connectivity index is 1.54. The van der Waals surface area contributed by atoms with E-state index >= 15 is 0 Å². The Labute approximate surface area is 125 Å². The molecular formula is C17H19N3O. The predicted molar refractivity (Wildman–Crippen MR) is 83.4 cm³/mol. The standard InChI is InChI=1S/C17H19N3O/c1-2-6-15(7-3-1)17-20(12-13-21-17)11-10-18-14-16-8-4-5-9-19-16/h1-9,14,17H,10-13H2. The van der Waals surface area contributed by atoms with E-state index in [1.807, 2.05) is 30.5 Å². The number of aromatic nitrogens is 1. The van der Waals surface area contributed by atoms with Gasteiger partial charge in [-0.1, -0.05) is 36.4 Å². The first kappa shape index (κ1) is 13.9. The van der Waals surface area contributed by atoms with Crippen LogP contribution in [0.15, 0.2) is 59.7 Å². The van der Waals surface area contributed by atoms with E-state index in [0.717, 1.165) is 31.9 Å². The van der Waals surface area contributed by atoms with Crippen LogP contribution in [0, 0.1) is 0 Å². The van der Waals surface area contributed by atoms with E-state index in [4.69, 9.17) is 4.74 Å². The lowest BCUT2D eigenvalue weighted by atomic mass is 10.2. The predicted octanol–water partition coefficient (Wildman–Crippen LogP) is 2.53. The molecular weight excluding hydrogens is 262 g/mol. The van der Waals surface area contributed by atoms with E-state index in [1.165, 1.54) is 5.56 Å². The van der Waals surface area contributed by atoms with Crippen LogP contribution >= 0.6 is 0 Å². The van der Waals surface area contributed by atoms with Crippen LogP contribution in [0.5, 0.6) is 0 Å². The molecule has 108 valence electrons. The summed E-state index contributed by atoms with van der Waals surface area (Å²) in [6, 6.07) is 16.2. The number of hydrogen-bond acceptors (Lipinski definition) is 4. The minimum Gasteiger partial charge on any atom is -0.358 e. The first-order chi connectivity index (χ1) is 10.4. The highest BCUT2D eigenvalue weighted by Gasteiger charge is 2.25. The van der Waals surface area contributed by atoms with Crippen LogP contribution in [0.3, 0.4) is 0 Å². The monoisotopic (exact) mass is 281 g/mol. The number of hydrogen-bond donors (Lipinski definition) is 0. The topological polar surface area (TPSA) is 37.7 Å². The number of benzene rings is 1. The van der Waals surface area contributed by atoms with Gasteiger partial charge in [-0.15, -0.1) is 0 Å². The number of pyridine rings is 1. The SMILES string of the molecule is C(=NCCN1CCOC1c1ccccc1)c1ccccn1. The molecule has 1 aliphatic rings. The van der Waals surface area contributed by atoms with Crippen molar-refractivity contribution in [2.24, 2.45) is 4.99 Å². The number of ether oxygens (including phenoxy) is 1. The average Bonchev–Trinajstić information content (AvgIpc) is 3.02. The van der Waals surface area contributed by atoms with Gasteiger partial charge in [-0.2, -0.15) is 0 Å². The van der Waals surface area contributed by atoms with E-state index in [-0.39, 0.29) is 6.23 Å². The third-order valence-corrected chi connectivity index (χ3v) is 3.50. The van der Waals surface area contributed by atoms with E-state index in [0.29, 0.717) is 0 Å². The Kier molecular flexibility index (Phi) is 4.71. The van der Waals surface area contributed by atoms with Gasteiger partial charge in [0.1, 0.15) is 6.23 Å². The smallest absolute Gasteiger partial charge is 0.136 e. The van der Waals surface area contributed by atoms with Crippen LogP contribution in [-0.4, -0.2) is 42.3 Å². The zero-order chi connectivity index (χ0) is 14.3. The average molecular weight is 281 g/mol. The molecule has 21 heavy (non-hydrogen) atoms. The van der Waals surface area contributed by atoms with Crippen molar-refractivity contribution in [1.82, 2.24) is 9.88 Å². The van der Waals surface area contributed by atoms with Crippen molar-refractivity contribution in [2.75, 3.05) is 26.2 Å². The van der Waals surface area contributed by atoms with Crippen molar-refractivity contribution >= 4 is 6.21 Å². The summed E-state index contributed by atoms with van der Waals surface area (Å²) in [5, 5.41) is 0. The highest BCUT2D eigenvalue weighted by molar-refractivity contribution is 5.76. The van der Waals surface area contributed by atoms with Crippen LogP contribution < -0.4 is 0 Å². The van der Waals surface area contributed by atoms with Gasteiger partial charge in [-0.3, -0.25) is 14.9 Å². The van der Waals surface area contributed by atoms with Gasteiger partial charge >= 0.3 is 0 Å². The fraction of sp³-hybridized carbons (Fsp3) is 0.294. The summed E-state index contributed by atoms with van der Waals surface area (Å²) in [4.78, 5) is 11.0. The van der Waals surface area contributed by atoms with E-state index in [1.54, 1.807) is 6.20 Å². The highest BCUT2D eigenvalue weighted by Crippen LogP contribution is 2.25. The van der Waals surface area contributed by atoms with Crippen LogP contribution in [0.1, 0.15) is 17.5 Å². The van der Waals surface area contributed by atoms with Gasteiger partial charge in [-0.25, -0.2) is 0 Å². The summed E-state index contributed by atoms with van der Waals surface area (Å²) in [6.45, 7) is 3.38. The minimum atomic E-state index is 0.0660. The summed E-state index contributed by atoms with van der Waals surface area (Å²) in [7, 11) is 0. The zero-order valence-corrected chi connectivity index (χ0v) is 11.9. The fourth-order valence-electron chi connectivity index (χ4n) is 2.45. The van der Waals surface area contributed by atoms with Crippen LogP contribution in [0.2, 0.25) is 0 Å². The molecule has 1 aromatic carbocycles. The Morgan fingerprint density at radius 3 is 2.86 bits per heavy atom. The zero-order valence-electron chi connectivity index (χ0n) is 11.9. The van der Waals surface area contributed by atoms with Crippen molar-refractivity contribution < 1.29 is 4.74 Å². The molecule has 1 aromatic heterocycles. The minimum absolute atomic E-state index is 0.0660. The molecule has 0 amide bonds. The Morgan fingerprint density at radius 1 is 1.19 bits per heavy atom. The van der Waals surface area contributed by atoms with Gasteiger partial charge < -0.3 is 4.74 Å². The molecule has 1 fully saturated rings. The lowest BCUT2D eigenvalue weighted by Gasteiger charge is -2.22.